The molecule has 2 aliphatic heterocycles. The molecule has 7 heteroatoms. The number of para-hydroxylation sites is 2. The highest BCUT2D eigenvalue weighted by Crippen LogP contribution is 2.29. The van der Waals surface area contributed by atoms with E-state index >= 15 is 0 Å². The number of rotatable bonds is 5. The fourth-order valence-electron chi connectivity index (χ4n) is 4.19. The summed E-state index contributed by atoms with van der Waals surface area (Å²) in [6, 6.07) is 7.39. The highest BCUT2D eigenvalue weighted by molar-refractivity contribution is 5.78. The van der Waals surface area contributed by atoms with Gasteiger partial charge in [0.15, 0.2) is 18.1 Å². The first kappa shape index (κ1) is 18.8. The molecular weight excluding hydrogens is 356 g/mol. The maximum atomic E-state index is 12.7. The van der Waals surface area contributed by atoms with E-state index in [0.29, 0.717) is 18.0 Å². The quantitative estimate of drug-likeness (QED) is 0.793. The fourth-order valence-corrected chi connectivity index (χ4v) is 4.19. The smallest absolute Gasteiger partial charge is 0.260 e. The van der Waals surface area contributed by atoms with E-state index in [0.717, 1.165) is 44.0 Å². The number of carbonyl (C=O) groups is 1. The molecule has 2 aromatic rings. The number of piperidine rings is 1. The lowest BCUT2D eigenvalue weighted by molar-refractivity contribution is -0.134. The monoisotopic (exact) mass is 384 g/mol. The SMILES string of the molecule is COc1ccccc1OCC(=O)N1CCCC(c2nnc3n2CCCCC3)C1. The van der Waals surface area contributed by atoms with Gasteiger partial charge in [0.25, 0.3) is 5.91 Å². The zero-order chi connectivity index (χ0) is 19.3. The molecule has 3 heterocycles. The largest absolute Gasteiger partial charge is 0.493 e. The van der Waals surface area contributed by atoms with Crippen LogP contribution in [0.2, 0.25) is 0 Å². The van der Waals surface area contributed by atoms with Gasteiger partial charge in [-0.2, -0.15) is 0 Å². The van der Waals surface area contributed by atoms with Crippen molar-refractivity contribution in [2.45, 2.75) is 51.0 Å². The second-order valence-corrected chi connectivity index (χ2v) is 7.56. The predicted molar refractivity (Wildman–Crippen MR) is 105 cm³/mol. The highest BCUT2D eigenvalue weighted by atomic mass is 16.5. The van der Waals surface area contributed by atoms with Crippen molar-refractivity contribution in [3.05, 3.63) is 35.9 Å². The Bertz CT molecular complexity index is 820. The van der Waals surface area contributed by atoms with Crippen LogP contribution in [-0.4, -0.2) is 52.4 Å². The van der Waals surface area contributed by atoms with Gasteiger partial charge >= 0.3 is 0 Å². The van der Waals surface area contributed by atoms with Crippen molar-refractivity contribution < 1.29 is 14.3 Å². The molecule has 0 aliphatic carbocycles. The fraction of sp³-hybridized carbons (Fsp3) is 0.571. The molecule has 1 aromatic heterocycles. The van der Waals surface area contributed by atoms with E-state index in [1.165, 1.54) is 19.3 Å². The summed E-state index contributed by atoms with van der Waals surface area (Å²) in [6.07, 6.45) is 6.66. The summed E-state index contributed by atoms with van der Waals surface area (Å²) in [4.78, 5) is 14.7. The lowest BCUT2D eigenvalue weighted by Crippen LogP contribution is -2.42. The normalized spacial score (nSPS) is 19.6. The lowest BCUT2D eigenvalue weighted by atomic mass is 9.97. The number of amides is 1. The second kappa shape index (κ2) is 8.63. The molecule has 1 aromatic carbocycles. The number of aromatic nitrogens is 3. The summed E-state index contributed by atoms with van der Waals surface area (Å²) in [6.45, 7) is 2.47. The zero-order valence-corrected chi connectivity index (χ0v) is 16.5. The Morgan fingerprint density at radius 1 is 1.11 bits per heavy atom. The minimum Gasteiger partial charge on any atom is -0.493 e. The van der Waals surface area contributed by atoms with Gasteiger partial charge in [-0.25, -0.2) is 0 Å². The third-order valence-electron chi connectivity index (χ3n) is 5.70. The maximum Gasteiger partial charge on any atom is 0.260 e. The lowest BCUT2D eigenvalue weighted by Gasteiger charge is -2.32. The summed E-state index contributed by atoms with van der Waals surface area (Å²) in [5.41, 5.74) is 0. The number of ether oxygens (including phenoxy) is 2. The summed E-state index contributed by atoms with van der Waals surface area (Å²) >= 11 is 0. The van der Waals surface area contributed by atoms with Crippen LogP contribution in [0.15, 0.2) is 24.3 Å². The highest BCUT2D eigenvalue weighted by Gasteiger charge is 2.29. The van der Waals surface area contributed by atoms with Crippen molar-refractivity contribution in [3.63, 3.8) is 0 Å². The van der Waals surface area contributed by atoms with Crippen LogP contribution in [0.25, 0.3) is 0 Å². The maximum absolute atomic E-state index is 12.7. The van der Waals surface area contributed by atoms with Crippen molar-refractivity contribution in [2.75, 3.05) is 26.8 Å². The number of benzene rings is 1. The molecule has 1 atom stereocenters. The number of hydrogen-bond donors (Lipinski definition) is 0. The predicted octanol–water partition coefficient (Wildman–Crippen LogP) is 2.80. The van der Waals surface area contributed by atoms with Gasteiger partial charge in [-0.3, -0.25) is 4.79 Å². The first-order valence-corrected chi connectivity index (χ1v) is 10.2. The van der Waals surface area contributed by atoms with Crippen LogP contribution in [-0.2, 0) is 17.8 Å². The van der Waals surface area contributed by atoms with E-state index in [2.05, 4.69) is 14.8 Å². The molecule has 1 amide bonds. The number of hydrogen-bond acceptors (Lipinski definition) is 5. The number of fused-ring (bicyclic) bond motifs is 1. The third kappa shape index (κ3) is 3.98. The van der Waals surface area contributed by atoms with Crippen LogP contribution in [0.1, 0.15) is 49.7 Å². The second-order valence-electron chi connectivity index (χ2n) is 7.56. The van der Waals surface area contributed by atoms with Crippen molar-refractivity contribution in [1.29, 1.82) is 0 Å². The molecule has 0 spiro atoms. The van der Waals surface area contributed by atoms with E-state index in [1.54, 1.807) is 7.11 Å². The summed E-state index contributed by atoms with van der Waals surface area (Å²) < 4.78 is 13.3. The average molecular weight is 384 g/mol. The molecule has 0 N–H and O–H groups in total. The van der Waals surface area contributed by atoms with E-state index in [1.807, 2.05) is 29.2 Å². The Morgan fingerprint density at radius 2 is 1.96 bits per heavy atom. The van der Waals surface area contributed by atoms with Gasteiger partial charge < -0.3 is 18.9 Å². The molecular formula is C21H28N4O3. The van der Waals surface area contributed by atoms with Gasteiger partial charge in [-0.15, -0.1) is 10.2 Å². The average Bonchev–Trinajstić information content (AvgIpc) is 3.00. The van der Waals surface area contributed by atoms with Crippen molar-refractivity contribution in [1.82, 2.24) is 19.7 Å². The Hall–Kier alpha value is -2.57. The molecule has 4 rings (SSSR count). The van der Waals surface area contributed by atoms with Crippen molar-refractivity contribution in [3.8, 4) is 11.5 Å². The van der Waals surface area contributed by atoms with Crippen LogP contribution < -0.4 is 9.47 Å². The van der Waals surface area contributed by atoms with Gasteiger partial charge in [0, 0.05) is 32.0 Å². The summed E-state index contributed by atoms with van der Waals surface area (Å²) in [7, 11) is 1.60. The molecule has 7 nitrogen and oxygen atoms in total. The van der Waals surface area contributed by atoms with E-state index < -0.39 is 0 Å². The molecule has 0 bridgehead atoms. The van der Waals surface area contributed by atoms with Gasteiger partial charge in [0.1, 0.15) is 11.6 Å². The number of aryl methyl sites for hydroxylation is 1. The molecule has 1 fully saturated rings. The number of methoxy groups -OCH3 is 1. The van der Waals surface area contributed by atoms with Crippen LogP contribution in [0.4, 0.5) is 0 Å². The topological polar surface area (TPSA) is 69.5 Å². The molecule has 28 heavy (non-hydrogen) atoms. The zero-order valence-electron chi connectivity index (χ0n) is 16.5. The van der Waals surface area contributed by atoms with Gasteiger partial charge in [0.2, 0.25) is 0 Å². The molecule has 0 saturated carbocycles. The summed E-state index contributed by atoms with van der Waals surface area (Å²) in [5.74, 6) is 3.65. The number of carbonyl (C=O) groups excluding carboxylic acids is 1. The standard InChI is InChI=1S/C21H28N4O3/c1-27-17-9-4-5-10-18(17)28-15-20(26)24-12-7-8-16(14-24)21-23-22-19-11-3-2-6-13-25(19)21/h4-5,9-10,16H,2-3,6-8,11-15H2,1H3. The number of likely N-dealkylation sites (tertiary alicyclic amines) is 1. The van der Waals surface area contributed by atoms with E-state index in [-0.39, 0.29) is 18.4 Å². The van der Waals surface area contributed by atoms with Crippen molar-refractivity contribution in [2.24, 2.45) is 0 Å². The Balaban J connectivity index is 1.40. The molecule has 2 aliphatic rings. The number of nitrogens with zero attached hydrogens (tertiary/aromatic N) is 4. The van der Waals surface area contributed by atoms with Crippen LogP contribution in [0.5, 0.6) is 11.5 Å². The van der Waals surface area contributed by atoms with Gasteiger partial charge in [-0.05, 0) is 37.8 Å². The van der Waals surface area contributed by atoms with Gasteiger partial charge in [-0.1, -0.05) is 18.6 Å². The van der Waals surface area contributed by atoms with Gasteiger partial charge in [0.05, 0.1) is 7.11 Å². The molecule has 150 valence electrons. The molecule has 0 radical (unpaired) electrons. The molecule has 1 saturated heterocycles. The first-order valence-electron chi connectivity index (χ1n) is 10.2. The first-order chi connectivity index (χ1) is 13.8. The third-order valence-corrected chi connectivity index (χ3v) is 5.70. The van der Waals surface area contributed by atoms with Crippen LogP contribution >= 0.6 is 0 Å². The summed E-state index contributed by atoms with van der Waals surface area (Å²) in [5, 5.41) is 8.93. The minimum absolute atomic E-state index is 0.00575. The van der Waals surface area contributed by atoms with Crippen molar-refractivity contribution >= 4 is 5.91 Å². The van der Waals surface area contributed by atoms with E-state index in [4.69, 9.17) is 9.47 Å². The Kier molecular flexibility index (Phi) is 5.78. The molecule has 1 unspecified atom stereocenters. The van der Waals surface area contributed by atoms with Crippen LogP contribution in [0, 0.1) is 0 Å². The van der Waals surface area contributed by atoms with Crippen LogP contribution in [0.3, 0.4) is 0 Å². The minimum atomic E-state index is 0.00575. The Morgan fingerprint density at radius 3 is 2.82 bits per heavy atom. The van der Waals surface area contributed by atoms with E-state index in [9.17, 15) is 4.79 Å². The Labute approximate surface area is 165 Å².